The molecule has 0 saturated carbocycles. The summed E-state index contributed by atoms with van der Waals surface area (Å²) in [7, 11) is -2.99. The van der Waals surface area contributed by atoms with Gasteiger partial charge in [-0.3, -0.25) is 4.99 Å². The Hall–Kier alpha value is -0.820. The quantitative estimate of drug-likeness (QED) is 0.391. The van der Waals surface area contributed by atoms with Crippen LogP contribution in [0.2, 0.25) is 0 Å². The van der Waals surface area contributed by atoms with E-state index in [1.807, 2.05) is 20.8 Å². The van der Waals surface area contributed by atoms with Crippen molar-refractivity contribution in [1.82, 2.24) is 10.6 Å². The summed E-state index contributed by atoms with van der Waals surface area (Å²) in [5, 5.41) is 16.7. The number of sulfone groups is 1. The maximum atomic E-state index is 11.5. The molecule has 0 rings (SSSR count). The first-order chi connectivity index (χ1) is 10.3. The SMILES string of the molecule is CCCC(O)(CCC)CN=C(NCC)NCCS(=O)(=O)CC. The molecule has 0 spiro atoms. The predicted molar refractivity (Wildman–Crippen MR) is 93.1 cm³/mol. The minimum Gasteiger partial charge on any atom is -0.388 e. The summed E-state index contributed by atoms with van der Waals surface area (Å²) in [6.45, 7) is 9.01. The van der Waals surface area contributed by atoms with Crippen molar-refractivity contribution in [3.63, 3.8) is 0 Å². The fraction of sp³-hybridized carbons (Fsp3) is 0.933. The van der Waals surface area contributed by atoms with Crippen LogP contribution in [0, 0.1) is 0 Å². The molecule has 0 fully saturated rings. The number of nitrogens with zero attached hydrogens (tertiary/aromatic N) is 1. The van der Waals surface area contributed by atoms with Gasteiger partial charge in [-0.25, -0.2) is 8.42 Å². The van der Waals surface area contributed by atoms with E-state index in [4.69, 9.17) is 0 Å². The van der Waals surface area contributed by atoms with Crippen LogP contribution >= 0.6 is 0 Å². The lowest BCUT2D eigenvalue weighted by atomic mass is 9.93. The smallest absolute Gasteiger partial charge is 0.191 e. The van der Waals surface area contributed by atoms with Crippen LogP contribution in [0.3, 0.4) is 0 Å². The second-order valence-electron chi connectivity index (χ2n) is 5.58. The Balaban J connectivity index is 4.64. The van der Waals surface area contributed by atoms with Gasteiger partial charge in [-0.2, -0.15) is 0 Å². The minimum absolute atomic E-state index is 0.0854. The largest absolute Gasteiger partial charge is 0.388 e. The highest BCUT2D eigenvalue weighted by molar-refractivity contribution is 7.91. The highest BCUT2D eigenvalue weighted by atomic mass is 32.2. The van der Waals surface area contributed by atoms with Crippen LogP contribution < -0.4 is 10.6 Å². The Kier molecular flexibility index (Phi) is 10.4. The zero-order valence-electron chi connectivity index (χ0n) is 14.5. The van der Waals surface area contributed by atoms with Gasteiger partial charge in [-0.1, -0.05) is 33.6 Å². The molecule has 0 bridgehead atoms. The summed E-state index contributed by atoms with van der Waals surface area (Å²) >= 11 is 0. The molecule has 0 aliphatic heterocycles. The molecule has 0 radical (unpaired) electrons. The van der Waals surface area contributed by atoms with Gasteiger partial charge in [-0.15, -0.1) is 0 Å². The van der Waals surface area contributed by atoms with Crippen molar-refractivity contribution in [2.24, 2.45) is 4.99 Å². The van der Waals surface area contributed by atoms with E-state index in [2.05, 4.69) is 15.6 Å². The lowest BCUT2D eigenvalue weighted by molar-refractivity contribution is 0.0306. The normalized spacial score (nSPS) is 13.2. The minimum atomic E-state index is -2.99. The summed E-state index contributed by atoms with van der Waals surface area (Å²) in [6.07, 6.45) is 3.25. The van der Waals surface area contributed by atoms with Crippen LogP contribution in [-0.4, -0.2) is 56.2 Å². The highest BCUT2D eigenvalue weighted by Gasteiger charge is 2.24. The van der Waals surface area contributed by atoms with E-state index in [-0.39, 0.29) is 11.5 Å². The van der Waals surface area contributed by atoms with E-state index in [9.17, 15) is 13.5 Å². The third kappa shape index (κ3) is 9.25. The van der Waals surface area contributed by atoms with Crippen LogP contribution in [-0.2, 0) is 9.84 Å². The number of rotatable bonds is 11. The molecule has 0 aromatic rings. The molecule has 0 saturated heterocycles. The summed E-state index contributed by atoms with van der Waals surface area (Å²) in [5.74, 6) is 0.788. The third-order valence-electron chi connectivity index (χ3n) is 3.45. The first-order valence-electron chi connectivity index (χ1n) is 8.27. The average molecular weight is 336 g/mol. The first kappa shape index (κ1) is 21.2. The lowest BCUT2D eigenvalue weighted by Gasteiger charge is -2.26. The molecule has 0 aromatic heterocycles. The van der Waals surface area contributed by atoms with Crippen molar-refractivity contribution in [3.8, 4) is 0 Å². The molecule has 0 aliphatic carbocycles. The van der Waals surface area contributed by atoms with Crippen molar-refractivity contribution in [2.75, 3.05) is 31.1 Å². The molecular weight excluding hydrogens is 302 g/mol. The predicted octanol–water partition coefficient (Wildman–Crippen LogP) is 1.31. The molecule has 7 heteroatoms. The Labute approximate surface area is 135 Å². The van der Waals surface area contributed by atoms with Gasteiger partial charge in [0.15, 0.2) is 15.8 Å². The van der Waals surface area contributed by atoms with Gasteiger partial charge in [-0.05, 0) is 19.8 Å². The standard InChI is InChI=1S/C15H33N3O3S/c1-5-9-15(19,10-6-2)13-18-14(16-7-3)17-11-12-22(20,21)8-4/h19H,5-13H2,1-4H3,(H2,16,17,18). The van der Waals surface area contributed by atoms with Gasteiger partial charge >= 0.3 is 0 Å². The van der Waals surface area contributed by atoms with Crippen molar-refractivity contribution < 1.29 is 13.5 Å². The van der Waals surface area contributed by atoms with Crippen LogP contribution in [0.25, 0.3) is 0 Å². The van der Waals surface area contributed by atoms with Crippen molar-refractivity contribution in [3.05, 3.63) is 0 Å². The Morgan fingerprint density at radius 1 is 1.09 bits per heavy atom. The molecule has 0 aliphatic rings. The number of guanidine groups is 1. The Morgan fingerprint density at radius 3 is 2.14 bits per heavy atom. The molecule has 3 N–H and O–H groups in total. The number of aliphatic hydroxyl groups is 1. The molecule has 0 unspecified atom stereocenters. The van der Waals surface area contributed by atoms with Gasteiger partial charge in [0.1, 0.15) is 0 Å². The number of hydrogen-bond acceptors (Lipinski definition) is 4. The average Bonchev–Trinajstić information content (AvgIpc) is 2.45. The molecule has 0 heterocycles. The molecule has 0 aromatic carbocycles. The van der Waals surface area contributed by atoms with Gasteiger partial charge in [0, 0.05) is 18.8 Å². The summed E-state index contributed by atoms with van der Waals surface area (Å²) < 4.78 is 23.0. The molecule has 22 heavy (non-hydrogen) atoms. The molecule has 6 nitrogen and oxygen atoms in total. The van der Waals surface area contributed by atoms with E-state index in [0.29, 0.717) is 38.4 Å². The first-order valence-corrected chi connectivity index (χ1v) is 10.1. The summed E-state index contributed by atoms with van der Waals surface area (Å²) in [6, 6.07) is 0. The van der Waals surface area contributed by atoms with E-state index < -0.39 is 15.4 Å². The maximum absolute atomic E-state index is 11.5. The van der Waals surface area contributed by atoms with E-state index in [1.54, 1.807) is 6.92 Å². The monoisotopic (exact) mass is 335 g/mol. The number of nitrogens with one attached hydrogen (secondary N) is 2. The highest BCUT2D eigenvalue weighted by Crippen LogP contribution is 2.19. The van der Waals surface area contributed by atoms with E-state index in [1.165, 1.54) is 0 Å². The fourth-order valence-corrected chi connectivity index (χ4v) is 2.95. The van der Waals surface area contributed by atoms with Gasteiger partial charge in [0.2, 0.25) is 0 Å². The molecule has 0 amide bonds. The topological polar surface area (TPSA) is 90.8 Å². The second kappa shape index (κ2) is 10.8. The molecular formula is C15H33N3O3S. The molecule has 132 valence electrons. The Bertz CT molecular complexity index is 416. The zero-order valence-corrected chi connectivity index (χ0v) is 15.3. The van der Waals surface area contributed by atoms with E-state index in [0.717, 1.165) is 12.8 Å². The van der Waals surface area contributed by atoms with Crippen LogP contribution in [0.5, 0.6) is 0 Å². The third-order valence-corrected chi connectivity index (χ3v) is 5.16. The van der Waals surface area contributed by atoms with Crippen LogP contribution in [0.1, 0.15) is 53.4 Å². The van der Waals surface area contributed by atoms with Crippen molar-refractivity contribution in [1.29, 1.82) is 0 Å². The lowest BCUT2D eigenvalue weighted by Crippen LogP contribution is -2.41. The second-order valence-corrected chi connectivity index (χ2v) is 8.06. The Morgan fingerprint density at radius 2 is 1.68 bits per heavy atom. The van der Waals surface area contributed by atoms with Gasteiger partial charge in [0.05, 0.1) is 17.9 Å². The summed E-state index contributed by atoms with van der Waals surface area (Å²) in [5.41, 5.74) is -0.776. The van der Waals surface area contributed by atoms with Crippen LogP contribution in [0.15, 0.2) is 4.99 Å². The maximum Gasteiger partial charge on any atom is 0.191 e. The van der Waals surface area contributed by atoms with Gasteiger partial charge in [0.25, 0.3) is 0 Å². The number of hydrogen-bond donors (Lipinski definition) is 3. The van der Waals surface area contributed by atoms with Crippen LogP contribution in [0.4, 0.5) is 0 Å². The van der Waals surface area contributed by atoms with Crippen molar-refractivity contribution in [2.45, 2.75) is 59.0 Å². The molecule has 0 atom stereocenters. The van der Waals surface area contributed by atoms with E-state index >= 15 is 0 Å². The van der Waals surface area contributed by atoms with Crippen molar-refractivity contribution >= 4 is 15.8 Å². The number of aliphatic imine (C=N–C) groups is 1. The zero-order chi connectivity index (χ0) is 17.1. The fourth-order valence-electron chi connectivity index (χ4n) is 2.25. The summed E-state index contributed by atoms with van der Waals surface area (Å²) in [4.78, 5) is 4.42. The van der Waals surface area contributed by atoms with Gasteiger partial charge < -0.3 is 15.7 Å².